The van der Waals surface area contributed by atoms with Crippen LogP contribution in [-0.4, -0.2) is 17.0 Å². The molecule has 0 aliphatic heterocycles. The number of benzene rings is 1. The molecule has 0 aromatic heterocycles. The second-order valence-electron chi connectivity index (χ2n) is 4.83. The van der Waals surface area contributed by atoms with E-state index < -0.39 is 17.8 Å². The van der Waals surface area contributed by atoms with E-state index in [4.69, 9.17) is 0 Å². The molecule has 0 bridgehead atoms. The van der Waals surface area contributed by atoms with Gasteiger partial charge < -0.3 is 10.4 Å². The van der Waals surface area contributed by atoms with Gasteiger partial charge in [0.1, 0.15) is 0 Å². The molecule has 102 valence electrons. The summed E-state index contributed by atoms with van der Waals surface area (Å²) in [4.78, 5) is 23.4. The number of aliphatic carboxylic acids is 1. The van der Waals surface area contributed by atoms with Crippen molar-refractivity contribution in [3.8, 4) is 0 Å². The van der Waals surface area contributed by atoms with Crippen molar-refractivity contribution in [2.24, 2.45) is 11.8 Å². The van der Waals surface area contributed by atoms with E-state index in [1.54, 1.807) is 0 Å². The van der Waals surface area contributed by atoms with E-state index in [0.29, 0.717) is 12.8 Å². The van der Waals surface area contributed by atoms with Gasteiger partial charge in [-0.15, -0.1) is 0 Å². The number of nitrogens with one attached hydrogen (secondary N) is 1. The highest BCUT2D eigenvalue weighted by molar-refractivity contribution is 14.1. The van der Waals surface area contributed by atoms with Gasteiger partial charge >= 0.3 is 5.97 Å². The lowest BCUT2D eigenvalue weighted by molar-refractivity contribution is -0.147. The molecule has 1 aromatic carbocycles. The van der Waals surface area contributed by atoms with Gasteiger partial charge in [-0.25, -0.2) is 0 Å². The highest BCUT2D eigenvalue weighted by atomic mass is 127. The maximum absolute atomic E-state index is 12.2. The Bertz CT molecular complexity index is 472. The minimum absolute atomic E-state index is 0.173. The fraction of sp³-hybridized carbons (Fsp3) is 0.429. The van der Waals surface area contributed by atoms with Crippen molar-refractivity contribution < 1.29 is 14.7 Å². The van der Waals surface area contributed by atoms with Crippen LogP contribution in [0.25, 0.3) is 0 Å². The topological polar surface area (TPSA) is 66.4 Å². The van der Waals surface area contributed by atoms with Gasteiger partial charge in [0.05, 0.1) is 11.8 Å². The lowest BCUT2D eigenvalue weighted by Crippen LogP contribution is -2.36. The first-order valence-electron chi connectivity index (χ1n) is 6.37. The van der Waals surface area contributed by atoms with Gasteiger partial charge in [0.2, 0.25) is 5.91 Å². The van der Waals surface area contributed by atoms with E-state index >= 15 is 0 Å². The zero-order valence-electron chi connectivity index (χ0n) is 10.4. The quantitative estimate of drug-likeness (QED) is 0.801. The number of hydrogen-bond acceptors (Lipinski definition) is 2. The first kappa shape index (κ1) is 14.3. The predicted octanol–water partition coefficient (Wildman–Crippen LogP) is 3.12. The van der Waals surface area contributed by atoms with E-state index in [1.165, 1.54) is 0 Å². The van der Waals surface area contributed by atoms with E-state index in [0.717, 1.165) is 22.1 Å². The lowest BCUT2D eigenvalue weighted by Gasteiger charge is -2.27. The number of anilines is 1. The lowest BCUT2D eigenvalue weighted by atomic mass is 9.78. The minimum atomic E-state index is -0.859. The summed E-state index contributed by atoms with van der Waals surface area (Å²) in [5, 5.41) is 12.0. The SMILES string of the molecule is O=C(O)[C@H]1CCCC[C@H]1C(=O)Nc1ccc(I)cc1. The van der Waals surface area contributed by atoms with Crippen LogP contribution in [0.15, 0.2) is 24.3 Å². The Morgan fingerprint density at radius 3 is 2.26 bits per heavy atom. The number of carbonyl (C=O) groups is 2. The minimum Gasteiger partial charge on any atom is -0.481 e. The van der Waals surface area contributed by atoms with E-state index in [9.17, 15) is 14.7 Å². The molecule has 1 amide bonds. The van der Waals surface area contributed by atoms with Gasteiger partial charge in [0, 0.05) is 9.26 Å². The Labute approximate surface area is 125 Å². The fourth-order valence-corrected chi connectivity index (χ4v) is 2.87. The summed E-state index contributed by atoms with van der Waals surface area (Å²) in [5.41, 5.74) is 0.722. The van der Waals surface area contributed by atoms with E-state index in [-0.39, 0.29) is 5.91 Å². The third kappa shape index (κ3) is 3.68. The molecule has 1 fully saturated rings. The monoisotopic (exact) mass is 373 g/mol. The van der Waals surface area contributed by atoms with Crippen LogP contribution in [0, 0.1) is 15.4 Å². The smallest absolute Gasteiger partial charge is 0.307 e. The summed E-state index contributed by atoms with van der Waals surface area (Å²) in [6.07, 6.45) is 3.08. The Kier molecular flexibility index (Phi) is 4.79. The average Bonchev–Trinajstić information content (AvgIpc) is 2.41. The highest BCUT2D eigenvalue weighted by Gasteiger charge is 2.35. The Hall–Kier alpha value is -1.11. The van der Waals surface area contributed by atoms with Gasteiger partial charge in [-0.1, -0.05) is 12.8 Å². The summed E-state index contributed by atoms with van der Waals surface area (Å²) in [6, 6.07) is 7.48. The summed E-state index contributed by atoms with van der Waals surface area (Å²) < 4.78 is 1.09. The molecule has 1 aliphatic rings. The normalized spacial score (nSPS) is 22.8. The Morgan fingerprint density at radius 2 is 1.68 bits per heavy atom. The molecule has 2 rings (SSSR count). The standard InChI is InChI=1S/C14H16INO3/c15-9-5-7-10(8-6-9)16-13(17)11-3-1-2-4-12(11)14(18)19/h5-8,11-12H,1-4H2,(H,16,17)(H,18,19)/t11-,12+/m1/s1. The summed E-state index contributed by atoms with van der Waals surface area (Å²) in [7, 11) is 0. The molecule has 0 spiro atoms. The van der Waals surface area contributed by atoms with Crippen molar-refractivity contribution >= 4 is 40.2 Å². The van der Waals surface area contributed by atoms with Crippen LogP contribution < -0.4 is 5.32 Å². The number of carbonyl (C=O) groups excluding carboxylic acids is 1. The number of carboxylic acids is 1. The van der Waals surface area contributed by atoms with Gasteiger partial charge in [-0.05, 0) is 59.7 Å². The average molecular weight is 373 g/mol. The van der Waals surface area contributed by atoms with Crippen molar-refractivity contribution in [1.29, 1.82) is 0 Å². The maximum Gasteiger partial charge on any atom is 0.307 e. The van der Waals surface area contributed by atoms with Crippen LogP contribution in [-0.2, 0) is 9.59 Å². The van der Waals surface area contributed by atoms with Gasteiger partial charge in [-0.2, -0.15) is 0 Å². The molecule has 5 heteroatoms. The third-order valence-corrected chi connectivity index (χ3v) is 4.25. The molecule has 0 saturated heterocycles. The number of hydrogen-bond donors (Lipinski definition) is 2. The second kappa shape index (κ2) is 6.36. The first-order valence-corrected chi connectivity index (χ1v) is 7.45. The number of carboxylic acid groups (broad SMARTS) is 1. The van der Waals surface area contributed by atoms with Crippen LogP contribution in [0.5, 0.6) is 0 Å². The van der Waals surface area contributed by atoms with Crippen LogP contribution in [0.3, 0.4) is 0 Å². The molecule has 1 saturated carbocycles. The van der Waals surface area contributed by atoms with Crippen molar-refractivity contribution in [2.45, 2.75) is 25.7 Å². The predicted molar refractivity (Wildman–Crippen MR) is 80.9 cm³/mol. The van der Waals surface area contributed by atoms with Gasteiger partial charge in [0.25, 0.3) is 0 Å². The molecule has 2 atom stereocenters. The fourth-order valence-electron chi connectivity index (χ4n) is 2.51. The molecular weight excluding hydrogens is 357 g/mol. The summed E-state index contributed by atoms with van der Waals surface area (Å²) in [5.74, 6) is -1.99. The number of halogens is 1. The molecule has 0 unspecified atom stereocenters. The number of rotatable bonds is 3. The zero-order chi connectivity index (χ0) is 13.8. The molecule has 2 N–H and O–H groups in total. The van der Waals surface area contributed by atoms with Crippen LogP contribution in [0.2, 0.25) is 0 Å². The third-order valence-electron chi connectivity index (χ3n) is 3.53. The Morgan fingerprint density at radius 1 is 1.11 bits per heavy atom. The summed E-state index contributed by atoms with van der Waals surface area (Å²) in [6.45, 7) is 0. The van der Waals surface area contributed by atoms with Gasteiger partial charge in [0.15, 0.2) is 0 Å². The van der Waals surface area contributed by atoms with E-state index in [2.05, 4.69) is 27.9 Å². The maximum atomic E-state index is 12.2. The van der Waals surface area contributed by atoms with Crippen molar-refractivity contribution in [3.05, 3.63) is 27.8 Å². The van der Waals surface area contributed by atoms with Crippen LogP contribution >= 0.6 is 22.6 Å². The molecule has 0 radical (unpaired) electrons. The summed E-state index contributed by atoms with van der Waals surface area (Å²) >= 11 is 2.19. The molecule has 4 nitrogen and oxygen atoms in total. The highest BCUT2D eigenvalue weighted by Crippen LogP contribution is 2.31. The van der Waals surface area contributed by atoms with E-state index in [1.807, 2.05) is 24.3 Å². The van der Waals surface area contributed by atoms with Crippen molar-refractivity contribution in [1.82, 2.24) is 0 Å². The molecule has 19 heavy (non-hydrogen) atoms. The largest absolute Gasteiger partial charge is 0.481 e. The Balaban J connectivity index is 2.05. The molecule has 1 aromatic rings. The van der Waals surface area contributed by atoms with Crippen LogP contribution in [0.4, 0.5) is 5.69 Å². The number of amides is 1. The zero-order valence-corrected chi connectivity index (χ0v) is 12.6. The van der Waals surface area contributed by atoms with Gasteiger partial charge in [-0.3, -0.25) is 9.59 Å². The van der Waals surface area contributed by atoms with Crippen molar-refractivity contribution in [2.75, 3.05) is 5.32 Å². The van der Waals surface area contributed by atoms with Crippen molar-refractivity contribution in [3.63, 3.8) is 0 Å². The molecule has 1 aliphatic carbocycles. The first-order chi connectivity index (χ1) is 9.08. The molecule has 0 heterocycles. The van der Waals surface area contributed by atoms with Crippen LogP contribution in [0.1, 0.15) is 25.7 Å². The second-order valence-corrected chi connectivity index (χ2v) is 6.08. The molecular formula is C14H16INO3.